The molecule has 2 unspecified atom stereocenters. The largest absolute Gasteiger partial charge is 0.352 e. The Kier molecular flexibility index (Phi) is 6.77. The van der Waals surface area contributed by atoms with Gasteiger partial charge in [-0.1, -0.05) is 44.2 Å². The van der Waals surface area contributed by atoms with E-state index < -0.39 is 6.04 Å². The second-order valence-corrected chi connectivity index (χ2v) is 7.78. The zero-order chi connectivity index (χ0) is 20.0. The summed E-state index contributed by atoms with van der Waals surface area (Å²) >= 11 is 0. The summed E-state index contributed by atoms with van der Waals surface area (Å²) in [6.07, 6.45) is 4.18. The van der Waals surface area contributed by atoms with Crippen molar-refractivity contribution in [2.24, 2.45) is 0 Å². The number of aromatic nitrogens is 2. The number of hydrogen-bond donors (Lipinski definition) is 1. The molecule has 27 heavy (non-hydrogen) atoms. The van der Waals surface area contributed by atoms with Crippen LogP contribution in [0.4, 0.5) is 0 Å². The number of amides is 2. The van der Waals surface area contributed by atoms with E-state index in [1.165, 1.54) is 10.5 Å². The van der Waals surface area contributed by atoms with E-state index >= 15 is 0 Å². The van der Waals surface area contributed by atoms with Crippen molar-refractivity contribution in [3.63, 3.8) is 0 Å². The molecule has 146 valence electrons. The topological polar surface area (TPSA) is 67.2 Å². The molecule has 0 spiro atoms. The summed E-state index contributed by atoms with van der Waals surface area (Å²) in [6, 6.07) is 11.6. The maximum absolute atomic E-state index is 12.5. The van der Waals surface area contributed by atoms with Crippen molar-refractivity contribution >= 4 is 11.8 Å². The van der Waals surface area contributed by atoms with Crippen LogP contribution in [0.1, 0.15) is 45.7 Å². The summed E-state index contributed by atoms with van der Waals surface area (Å²) in [4.78, 5) is 26.3. The minimum absolute atomic E-state index is 0.000234. The van der Waals surface area contributed by atoms with Gasteiger partial charge in [0.1, 0.15) is 6.04 Å². The molecular formula is C21H30N4O2. The number of carbonyl (C=O) groups excluding carboxylic acids is 2. The molecule has 6 heteroatoms. The van der Waals surface area contributed by atoms with E-state index in [9.17, 15) is 9.59 Å². The predicted molar refractivity (Wildman–Crippen MR) is 106 cm³/mol. The fourth-order valence-corrected chi connectivity index (χ4v) is 3.38. The lowest BCUT2D eigenvalue weighted by atomic mass is 9.79. The molecule has 0 saturated heterocycles. The Labute approximate surface area is 161 Å². The van der Waals surface area contributed by atoms with Crippen LogP contribution in [0.25, 0.3) is 0 Å². The highest BCUT2D eigenvalue weighted by atomic mass is 16.2. The second-order valence-electron chi connectivity index (χ2n) is 7.78. The van der Waals surface area contributed by atoms with E-state index in [4.69, 9.17) is 0 Å². The number of benzene rings is 1. The third-order valence-electron chi connectivity index (χ3n) is 4.82. The Morgan fingerprint density at radius 3 is 2.44 bits per heavy atom. The number of hydrogen-bond acceptors (Lipinski definition) is 3. The highest BCUT2D eigenvalue weighted by Gasteiger charge is 2.25. The number of carbonyl (C=O) groups is 2. The van der Waals surface area contributed by atoms with E-state index in [1.807, 2.05) is 25.1 Å². The summed E-state index contributed by atoms with van der Waals surface area (Å²) in [6.45, 7) is 8.14. The molecule has 0 saturated carbocycles. The minimum Gasteiger partial charge on any atom is -0.352 e. The first kappa shape index (κ1) is 20.7. The molecule has 2 aromatic rings. The van der Waals surface area contributed by atoms with Crippen LogP contribution in [-0.2, 0) is 15.0 Å². The maximum Gasteiger partial charge on any atom is 0.247 e. The summed E-state index contributed by atoms with van der Waals surface area (Å²) < 4.78 is 1.59. The smallest absolute Gasteiger partial charge is 0.247 e. The van der Waals surface area contributed by atoms with Crippen molar-refractivity contribution < 1.29 is 9.59 Å². The monoisotopic (exact) mass is 370 g/mol. The van der Waals surface area contributed by atoms with Crippen LogP contribution in [0.15, 0.2) is 48.8 Å². The van der Waals surface area contributed by atoms with Gasteiger partial charge in [-0.05, 0) is 37.3 Å². The molecule has 2 rings (SSSR count). The van der Waals surface area contributed by atoms with E-state index in [0.29, 0.717) is 0 Å². The van der Waals surface area contributed by atoms with Crippen molar-refractivity contribution in [2.45, 2.75) is 51.6 Å². The van der Waals surface area contributed by atoms with Crippen LogP contribution in [-0.4, -0.2) is 46.1 Å². The van der Waals surface area contributed by atoms with Crippen LogP contribution >= 0.6 is 0 Å². The molecular weight excluding hydrogens is 340 g/mol. The molecule has 2 atom stereocenters. The minimum atomic E-state index is -0.438. The lowest BCUT2D eigenvalue weighted by Crippen LogP contribution is -2.44. The van der Waals surface area contributed by atoms with Gasteiger partial charge in [0, 0.05) is 25.5 Å². The van der Waals surface area contributed by atoms with Crippen LogP contribution in [0.5, 0.6) is 0 Å². The highest BCUT2D eigenvalue weighted by Crippen LogP contribution is 2.28. The quantitative estimate of drug-likeness (QED) is 0.777. The van der Waals surface area contributed by atoms with Gasteiger partial charge in [-0.15, -0.1) is 0 Å². The average molecular weight is 370 g/mol. The standard InChI is InChI=1S/C21H30N4O2/c1-16(14-21(3,4)18-10-7-6-8-11-18)23-19(26)15-24(5)20(27)17(2)25-13-9-12-22-25/h6-13,16-17H,14-15H2,1-5H3,(H,23,26). The average Bonchev–Trinajstić information content (AvgIpc) is 3.15. The Morgan fingerprint density at radius 1 is 1.19 bits per heavy atom. The van der Waals surface area contributed by atoms with Crippen LogP contribution < -0.4 is 5.32 Å². The highest BCUT2D eigenvalue weighted by molar-refractivity contribution is 5.86. The fraction of sp³-hybridized carbons (Fsp3) is 0.476. The Hall–Kier alpha value is -2.63. The lowest BCUT2D eigenvalue weighted by Gasteiger charge is -2.29. The predicted octanol–water partition coefficient (Wildman–Crippen LogP) is 2.78. The first-order chi connectivity index (χ1) is 12.7. The Morgan fingerprint density at radius 2 is 1.85 bits per heavy atom. The van der Waals surface area contributed by atoms with E-state index in [0.717, 1.165) is 6.42 Å². The van der Waals surface area contributed by atoms with Crippen molar-refractivity contribution in [1.82, 2.24) is 20.0 Å². The lowest BCUT2D eigenvalue weighted by molar-refractivity contribution is -0.137. The Balaban J connectivity index is 1.86. The molecule has 0 aliphatic carbocycles. The zero-order valence-corrected chi connectivity index (χ0v) is 16.8. The van der Waals surface area contributed by atoms with Crippen molar-refractivity contribution in [2.75, 3.05) is 13.6 Å². The van der Waals surface area contributed by atoms with Gasteiger partial charge in [0.25, 0.3) is 0 Å². The fourth-order valence-electron chi connectivity index (χ4n) is 3.38. The van der Waals surface area contributed by atoms with Crippen LogP contribution in [0, 0.1) is 0 Å². The van der Waals surface area contributed by atoms with Crippen LogP contribution in [0.2, 0.25) is 0 Å². The number of likely N-dealkylation sites (N-methyl/N-ethyl adjacent to an activating group) is 1. The molecule has 6 nitrogen and oxygen atoms in total. The normalized spacial score (nSPS) is 13.7. The summed E-state index contributed by atoms with van der Waals surface area (Å²) in [5.41, 5.74) is 1.19. The van der Waals surface area contributed by atoms with Gasteiger partial charge < -0.3 is 10.2 Å². The van der Waals surface area contributed by atoms with Gasteiger partial charge in [-0.25, -0.2) is 0 Å². The molecule has 1 aromatic heterocycles. The van der Waals surface area contributed by atoms with E-state index in [1.54, 1.807) is 37.1 Å². The maximum atomic E-state index is 12.5. The molecule has 0 bridgehead atoms. The molecule has 0 fully saturated rings. The molecule has 0 aliphatic rings. The molecule has 0 aliphatic heterocycles. The molecule has 2 amide bonds. The van der Waals surface area contributed by atoms with Gasteiger partial charge in [0.05, 0.1) is 6.54 Å². The summed E-state index contributed by atoms with van der Waals surface area (Å²) in [5, 5.41) is 7.09. The first-order valence-corrected chi connectivity index (χ1v) is 9.29. The third kappa shape index (κ3) is 5.67. The van der Waals surface area contributed by atoms with E-state index in [2.05, 4.69) is 36.4 Å². The number of nitrogens with zero attached hydrogens (tertiary/aromatic N) is 3. The van der Waals surface area contributed by atoms with Crippen LogP contribution in [0.3, 0.4) is 0 Å². The van der Waals surface area contributed by atoms with Gasteiger partial charge in [-0.2, -0.15) is 5.10 Å². The van der Waals surface area contributed by atoms with Gasteiger partial charge >= 0.3 is 0 Å². The Bertz CT molecular complexity index is 741. The van der Waals surface area contributed by atoms with Crippen molar-refractivity contribution in [3.05, 3.63) is 54.4 Å². The SMILES string of the molecule is CC(CC(C)(C)c1ccccc1)NC(=O)CN(C)C(=O)C(C)n1cccn1. The van der Waals surface area contributed by atoms with Crippen molar-refractivity contribution in [1.29, 1.82) is 0 Å². The summed E-state index contributed by atoms with van der Waals surface area (Å²) in [5.74, 6) is -0.305. The molecule has 1 N–H and O–H groups in total. The second kappa shape index (κ2) is 8.84. The molecule has 0 radical (unpaired) electrons. The first-order valence-electron chi connectivity index (χ1n) is 9.29. The van der Waals surface area contributed by atoms with Gasteiger partial charge in [0.15, 0.2) is 0 Å². The van der Waals surface area contributed by atoms with Crippen molar-refractivity contribution in [3.8, 4) is 0 Å². The zero-order valence-electron chi connectivity index (χ0n) is 16.8. The number of nitrogens with one attached hydrogen (secondary N) is 1. The van der Waals surface area contributed by atoms with E-state index in [-0.39, 0.29) is 29.8 Å². The van der Waals surface area contributed by atoms with Gasteiger partial charge in [-0.3, -0.25) is 14.3 Å². The molecule has 1 aromatic carbocycles. The number of rotatable bonds is 8. The molecule has 1 heterocycles. The third-order valence-corrected chi connectivity index (χ3v) is 4.82. The van der Waals surface area contributed by atoms with Gasteiger partial charge in [0.2, 0.25) is 11.8 Å². The summed E-state index contributed by atoms with van der Waals surface area (Å²) in [7, 11) is 1.64.